The van der Waals surface area contributed by atoms with Crippen molar-refractivity contribution >= 4 is 17.3 Å². The monoisotopic (exact) mass is 221 g/mol. The molecule has 0 unspecified atom stereocenters. The molecule has 0 aromatic heterocycles. The zero-order valence-electron chi connectivity index (χ0n) is 7.03. The zero-order chi connectivity index (χ0) is 10.6. The summed E-state index contributed by atoms with van der Waals surface area (Å²) in [5.41, 5.74) is 1.43. The summed E-state index contributed by atoms with van der Waals surface area (Å²) < 4.78 is 37.8. The van der Waals surface area contributed by atoms with E-state index < -0.39 is 17.5 Å². The van der Waals surface area contributed by atoms with E-state index in [9.17, 15) is 13.2 Å². The lowest BCUT2D eigenvalue weighted by atomic mass is 10.3. The second-order valence-corrected chi connectivity index (χ2v) is 2.75. The van der Waals surface area contributed by atoms with E-state index in [4.69, 9.17) is 11.6 Å². The first-order valence-corrected chi connectivity index (χ1v) is 4.22. The molecule has 1 rings (SSSR count). The predicted octanol–water partition coefficient (Wildman–Crippen LogP) is 3.27. The van der Waals surface area contributed by atoms with Crippen LogP contribution in [0.15, 0.2) is 23.7 Å². The standard InChI is InChI=1S/C9H7ClF3N/c10-2-1-3-14-6-4-7(11)9(13)8(12)5-6/h1-2,4-5,14H,3H2/b2-1+. The van der Waals surface area contributed by atoms with Crippen LogP contribution in [0.4, 0.5) is 18.9 Å². The second kappa shape index (κ2) is 4.91. The highest BCUT2D eigenvalue weighted by Gasteiger charge is 2.09. The molecule has 0 bridgehead atoms. The fourth-order valence-electron chi connectivity index (χ4n) is 0.879. The maximum atomic E-state index is 12.7. The summed E-state index contributed by atoms with van der Waals surface area (Å²) in [6.45, 7) is 0.314. The molecule has 0 aliphatic heterocycles. The van der Waals surface area contributed by atoms with Crippen molar-refractivity contribution in [1.82, 2.24) is 0 Å². The van der Waals surface area contributed by atoms with Crippen LogP contribution in [-0.4, -0.2) is 6.54 Å². The summed E-state index contributed by atoms with van der Waals surface area (Å²) in [6, 6.07) is 1.75. The van der Waals surface area contributed by atoms with Gasteiger partial charge in [-0.05, 0) is 0 Å². The molecule has 0 saturated carbocycles. The van der Waals surface area contributed by atoms with Crippen molar-refractivity contribution in [2.24, 2.45) is 0 Å². The van der Waals surface area contributed by atoms with Gasteiger partial charge in [0.15, 0.2) is 17.5 Å². The molecule has 0 fully saturated rings. The van der Waals surface area contributed by atoms with Gasteiger partial charge in [-0.3, -0.25) is 0 Å². The van der Waals surface area contributed by atoms with Crippen LogP contribution in [0.1, 0.15) is 0 Å². The fraction of sp³-hybridized carbons (Fsp3) is 0.111. The van der Waals surface area contributed by atoms with Crippen molar-refractivity contribution < 1.29 is 13.2 Å². The zero-order valence-corrected chi connectivity index (χ0v) is 7.78. The normalized spacial score (nSPS) is 10.9. The molecule has 0 saturated heterocycles. The van der Waals surface area contributed by atoms with E-state index in [1.165, 1.54) is 5.54 Å². The molecular formula is C9H7ClF3N. The highest BCUT2D eigenvalue weighted by molar-refractivity contribution is 6.25. The number of rotatable bonds is 3. The van der Waals surface area contributed by atoms with E-state index in [0.29, 0.717) is 6.54 Å². The van der Waals surface area contributed by atoms with Crippen LogP contribution >= 0.6 is 11.6 Å². The topological polar surface area (TPSA) is 12.0 Å². The van der Waals surface area contributed by atoms with Crippen LogP contribution < -0.4 is 5.32 Å². The first kappa shape index (κ1) is 10.9. The number of benzene rings is 1. The van der Waals surface area contributed by atoms with Gasteiger partial charge in [0.2, 0.25) is 0 Å². The Balaban J connectivity index is 2.79. The molecular weight excluding hydrogens is 215 g/mol. The minimum atomic E-state index is -1.47. The van der Waals surface area contributed by atoms with E-state index in [1.807, 2.05) is 0 Å². The van der Waals surface area contributed by atoms with E-state index in [2.05, 4.69) is 5.32 Å². The molecule has 1 aromatic rings. The molecule has 76 valence electrons. The van der Waals surface area contributed by atoms with E-state index >= 15 is 0 Å². The molecule has 0 heterocycles. The smallest absolute Gasteiger partial charge is 0.194 e. The van der Waals surface area contributed by atoms with Gasteiger partial charge in [-0.15, -0.1) is 0 Å². The van der Waals surface area contributed by atoms with Crippen LogP contribution in [0, 0.1) is 17.5 Å². The van der Waals surface area contributed by atoms with Crippen molar-refractivity contribution in [3.8, 4) is 0 Å². The Hall–Kier alpha value is -1.16. The molecule has 1 aromatic carbocycles. The number of hydrogen-bond donors (Lipinski definition) is 1. The first-order valence-electron chi connectivity index (χ1n) is 3.79. The lowest BCUT2D eigenvalue weighted by Gasteiger charge is -2.04. The van der Waals surface area contributed by atoms with Gasteiger partial charge < -0.3 is 5.32 Å². The Morgan fingerprint density at radius 1 is 1.21 bits per heavy atom. The third-order valence-corrected chi connectivity index (χ3v) is 1.68. The highest BCUT2D eigenvalue weighted by Crippen LogP contribution is 2.16. The SMILES string of the molecule is Fc1cc(NC/C=C/Cl)cc(F)c1F. The van der Waals surface area contributed by atoms with Gasteiger partial charge >= 0.3 is 0 Å². The molecule has 0 aliphatic rings. The maximum Gasteiger partial charge on any atom is 0.194 e. The van der Waals surface area contributed by atoms with Gasteiger partial charge in [-0.25, -0.2) is 13.2 Å². The summed E-state index contributed by atoms with van der Waals surface area (Å²) in [5.74, 6) is -3.91. The van der Waals surface area contributed by atoms with Crippen molar-refractivity contribution in [2.45, 2.75) is 0 Å². The molecule has 1 N–H and O–H groups in total. The minimum absolute atomic E-state index is 0.163. The van der Waals surface area contributed by atoms with Gasteiger partial charge in [-0.2, -0.15) is 0 Å². The summed E-state index contributed by atoms with van der Waals surface area (Å²) >= 11 is 5.23. The van der Waals surface area contributed by atoms with E-state index in [-0.39, 0.29) is 5.69 Å². The third-order valence-electron chi connectivity index (χ3n) is 1.50. The molecule has 0 aliphatic carbocycles. The van der Waals surface area contributed by atoms with Crippen LogP contribution in [0.2, 0.25) is 0 Å². The molecule has 5 heteroatoms. The van der Waals surface area contributed by atoms with Gasteiger partial charge in [-0.1, -0.05) is 17.7 Å². The van der Waals surface area contributed by atoms with Crippen LogP contribution in [0.3, 0.4) is 0 Å². The lowest BCUT2D eigenvalue weighted by molar-refractivity contribution is 0.448. The quantitative estimate of drug-likeness (QED) is 0.773. The Morgan fingerprint density at radius 3 is 2.29 bits per heavy atom. The molecule has 0 amide bonds. The summed E-state index contributed by atoms with van der Waals surface area (Å²) in [4.78, 5) is 0. The van der Waals surface area contributed by atoms with Crippen molar-refractivity contribution in [3.05, 3.63) is 41.2 Å². The average molecular weight is 222 g/mol. The van der Waals surface area contributed by atoms with Crippen LogP contribution in [0.25, 0.3) is 0 Å². The molecule has 0 radical (unpaired) electrons. The Labute approximate surface area is 84.2 Å². The number of halogens is 4. The lowest BCUT2D eigenvalue weighted by Crippen LogP contribution is -2.00. The molecule has 1 nitrogen and oxygen atoms in total. The van der Waals surface area contributed by atoms with Gasteiger partial charge in [0.05, 0.1) is 0 Å². The minimum Gasteiger partial charge on any atom is -0.381 e. The third kappa shape index (κ3) is 2.67. The average Bonchev–Trinajstić information content (AvgIpc) is 2.14. The first-order chi connectivity index (χ1) is 6.65. The van der Waals surface area contributed by atoms with E-state index in [1.54, 1.807) is 6.08 Å². The summed E-state index contributed by atoms with van der Waals surface area (Å²) in [5, 5.41) is 2.64. The number of hydrogen-bond acceptors (Lipinski definition) is 1. The molecule has 0 atom stereocenters. The molecule has 14 heavy (non-hydrogen) atoms. The Kier molecular flexibility index (Phi) is 3.83. The fourth-order valence-corrected chi connectivity index (χ4v) is 0.968. The Morgan fingerprint density at radius 2 is 1.79 bits per heavy atom. The van der Waals surface area contributed by atoms with Gasteiger partial charge in [0.1, 0.15) is 0 Å². The van der Waals surface area contributed by atoms with Crippen molar-refractivity contribution in [3.63, 3.8) is 0 Å². The predicted molar refractivity (Wildman–Crippen MR) is 49.8 cm³/mol. The van der Waals surface area contributed by atoms with Crippen LogP contribution in [-0.2, 0) is 0 Å². The largest absolute Gasteiger partial charge is 0.381 e. The van der Waals surface area contributed by atoms with E-state index in [0.717, 1.165) is 12.1 Å². The number of anilines is 1. The molecule has 0 spiro atoms. The summed E-state index contributed by atoms with van der Waals surface area (Å²) in [7, 11) is 0. The van der Waals surface area contributed by atoms with Crippen molar-refractivity contribution in [2.75, 3.05) is 11.9 Å². The van der Waals surface area contributed by atoms with Gasteiger partial charge in [0, 0.05) is 29.9 Å². The van der Waals surface area contributed by atoms with Gasteiger partial charge in [0.25, 0.3) is 0 Å². The second-order valence-electron chi connectivity index (χ2n) is 2.50. The summed E-state index contributed by atoms with van der Waals surface area (Å²) in [6.07, 6.45) is 1.54. The van der Waals surface area contributed by atoms with Crippen LogP contribution in [0.5, 0.6) is 0 Å². The maximum absolute atomic E-state index is 12.7. The van der Waals surface area contributed by atoms with Crippen molar-refractivity contribution in [1.29, 1.82) is 0 Å². The number of nitrogens with one attached hydrogen (secondary N) is 1. The Bertz CT molecular complexity index is 329. The highest BCUT2D eigenvalue weighted by atomic mass is 35.5.